The summed E-state index contributed by atoms with van der Waals surface area (Å²) in [6, 6.07) is 0.294. The fourth-order valence-corrected chi connectivity index (χ4v) is 10.5. The van der Waals surface area contributed by atoms with Crippen molar-refractivity contribution in [3.8, 4) is 0 Å². The van der Waals surface area contributed by atoms with Crippen LogP contribution in [0, 0.1) is 5.92 Å². The molecule has 4 atom stereocenters. The van der Waals surface area contributed by atoms with Crippen LogP contribution in [0.15, 0.2) is 0 Å². The van der Waals surface area contributed by atoms with Crippen molar-refractivity contribution in [2.24, 2.45) is 13.0 Å². The highest BCUT2D eigenvalue weighted by molar-refractivity contribution is 5.76. The van der Waals surface area contributed by atoms with Gasteiger partial charge in [-0.05, 0) is 129 Å². The fourth-order valence-electron chi connectivity index (χ4n) is 10.5. The number of likely N-dealkylation sites (tertiary alicyclic amines) is 2. The number of fused-ring (bicyclic) bond motifs is 2. The molecule has 1 aromatic rings. The number of carbonyl (C=O) groups excluding carboxylic acids is 1. The second kappa shape index (κ2) is 12.7. The van der Waals surface area contributed by atoms with Crippen LogP contribution >= 0.6 is 0 Å². The van der Waals surface area contributed by atoms with Gasteiger partial charge in [-0.2, -0.15) is 5.10 Å². The largest absolute Gasteiger partial charge is 0.340 e. The number of hydrogen-bond acceptors (Lipinski definition) is 7. The van der Waals surface area contributed by atoms with Crippen molar-refractivity contribution in [1.29, 1.82) is 0 Å². The second-order valence-electron chi connectivity index (χ2n) is 18.9. The van der Waals surface area contributed by atoms with E-state index in [1.54, 1.807) is 0 Å². The Morgan fingerprint density at radius 1 is 0.936 bits per heavy atom. The number of amides is 1. The Morgan fingerprint density at radius 2 is 1.62 bits per heavy atom. The van der Waals surface area contributed by atoms with Crippen LogP contribution in [0.2, 0.25) is 0 Å². The lowest BCUT2D eigenvalue weighted by Gasteiger charge is -2.53. The quantitative estimate of drug-likeness (QED) is 0.344. The van der Waals surface area contributed by atoms with Crippen molar-refractivity contribution >= 4 is 5.91 Å². The standard InChI is InChI=1S/C38H70N8O/c1-28-33-30(31(25-40(11)12)42(14)39-33)24-44(28)35(5,6)18-19-37(9,46-20-16-29-23-41(13)27-38(29,46)10)17-15-32(47)43-21-22-45(34(2,3)4)36(7,8)26-43/h28-29H,15-27H2,1-14H3/t28-,29?,37?,38?/m0/s1. The van der Waals surface area contributed by atoms with Crippen LogP contribution in [0.3, 0.4) is 0 Å². The highest BCUT2D eigenvalue weighted by Crippen LogP contribution is 2.48. The van der Waals surface area contributed by atoms with Gasteiger partial charge in [0.15, 0.2) is 0 Å². The molecular weight excluding hydrogens is 584 g/mol. The molecule has 9 heteroatoms. The summed E-state index contributed by atoms with van der Waals surface area (Å²) in [4.78, 5) is 29.1. The molecule has 5 heterocycles. The van der Waals surface area contributed by atoms with Gasteiger partial charge in [-0.25, -0.2) is 0 Å². The summed E-state index contributed by atoms with van der Waals surface area (Å²) in [5.74, 6) is 1.04. The van der Waals surface area contributed by atoms with Crippen LogP contribution in [0.4, 0.5) is 0 Å². The molecule has 0 N–H and O–H groups in total. The normalized spacial score (nSPS) is 29.1. The van der Waals surface area contributed by atoms with E-state index in [0.717, 1.165) is 65.1 Å². The molecule has 1 aromatic heterocycles. The summed E-state index contributed by atoms with van der Waals surface area (Å²) < 4.78 is 2.10. The molecule has 0 radical (unpaired) electrons. The van der Waals surface area contributed by atoms with Gasteiger partial charge in [0.1, 0.15) is 0 Å². The van der Waals surface area contributed by atoms with Crippen molar-refractivity contribution in [2.45, 2.75) is 148 Å². The Kier molecular flexibility index (Phi) is 9.90. The molecule has 4 aliphatic heterocycles. The SMILES string of the molecule is C[C@H]1c2nn(C)c(CN(C)C)c2CN1C(C)(C)CCC(C)(CCC(=O)N1CCN(C(C)(C)C)C(C)(C)C1)N1CCC2CN(C)CC21C. The number of rotatable bonds is 10. The molecular formula is C38H70N8O. The number of nitrogens with zero attached hydrogens (tertiary/aromatic N) is 8. The lowest BCUT2D eigenvalue weighted by atomic mass is 9.79. The molecule has 47 heavy (non-hydrogen) atoms. The lowest BCUT2D eigenvalue weighted by molar-refractivity contribution is -0.140. The predicted octanol–water partition coefficient (Wildman–Crippen LogP) is 5.20. The van der Waals surface area contributed by atoms with E-state index >= 15 is 0 Å². The van der Waals surface area contributed by atoms with Crippen molar-refractivity contribution in [1.82, 2.24) is 39.2 Å². The molecule has 4 aliphatic rings. The molecule has 0 spiro atoms. The van der Waals surface area contributed by atoms with Crippen molar-refractivity contribution < 1.29 is 4.79 Å². The highest BCUT2D eigenvalue weighted by atomic mass is 16.2. The molecule has 268 valence electrons. The van der Waals surface area contributed by atoms with Crippen LogP contribution in [0.5, 0.6) is 0 Å². The van der Waals surface area contributed by atoms with Gasteiger partial charge >= 0.3 is 0 Å². The third kappa shape index (κ3) is 6.95. The van der Waals surface area contributed by atoms with Crippen LogP contribution < -0.4 is 0 Å². The van der Waals surface area contributed by atoms with Gasteiger partial charge < -0.3 is 14.7 Å². The summed E-state index contributed by atoms with van der Waals surface area (Å²) in [6.07, 6.45) is 4.97. The first-order valence-electron chi connectivity index (χ1n) is 18.6. The maximum atomic E-state index is 14.0. The van der Waals surface area contributed by atoms with Gasteiger partial charge in [-0.15, -0.1) is 0 Å². The van der Waals surface area contributed by atoms with Gasteiger partial charge in [-0.1, -0.05) is 0 Å². The molecule has 9 nitrogen and oxygen atoms in total. The van der Waals surface area contributed by atoms with E-state index in [9.17, 15) is 4.79 Å². The monoisotopic (exact) mass is 655 g/mol. The second-order valence-corrected chi connectivity index (χ2v) is 18.9. The number of hydrogen-bond donors (Lipinski definition) is 0. The number of piperazine rings is 1. The topological polar surface area (TPSA) is 54.3 Å². The van der Waals surface area contributed by atoms with Gasteiger partial charge in [0.2, 0.25) is 5.91 Å². The van der Waals surface area contributed by atoms with Gasteiger partial charge in [0.25, 0.3) is 0 Å². The average molecular weight is 655 g/mol. The van der Waals surface area contributed by atoms with E-state index in [0.29, 0.717) is 24.3 Å². The maximum Gasteiger partial charge on any atom is 0.222 e. The molecule has 0 saturated carbocycles. The molecule has 5 rings (SSSR count). The van der Waals surface area contributed by atoms with Crippen molar-refractivity contribution in [3.63, 3.8) is 0 Å². The van der Waals surface area contributed by atoms with Gasteiger partial charge in [0, 0.05) is 92.5 Å². The summed E-state index contributed by atoms with van der Waals surface area (Å²) in [6.45, 7) is 31.7. The van der Waals surface area contributed by atoms with E-state index in [1.807, 2.05) is 0 Å². The Hall–Kier alpha value is -1.52. The summed E-state index contributed by atoms with van der Waals surface area (Å²) in [5.41, 5.74) is 4.21. The summed E-state index contributed by atoms with van der Waals surface area (Å²) in [5, 5.41) is 5.03. The zero-order valence-corrected chi connectivity index (χ0v) is 32.8. The molecule has 0 aliphatic carbocycles. The fraction of sp³-hybridized carbons (Fsp3) is 0.895. The Balaban J connectivity index is 1.33. The third-order valence-electron chi connectivity index (χ3n) is 12.9. The van der Waals surface area contributed by atoms with E-state index in [2.05, 4.69) is 132 Å². The molecule has 0 aromatic carbocycles. The minimum atomic E-state index is -0.0454. The maximum absolute atomic E-state index is 14.0. The van der Waals surface area contributed by atoms with Gasteiger partial charge in [0.05, 0.1) is 17.4 Å². The molecule has 1 amide bonds. The van der Waals surface area contributed by atoms with E-state index < -0.39 is 0 Å². The highest BCUT2D eigenvalue weighted by Gasteiger charge is 2.55. The van der Waals surface area contributed by atoms with Crippen molar-refractivity contribution in [3.05, 3.63) is 17.0 Å². The van der Waals surface area contributed by atoms with E-state index in [4.69, 9.17) is 5.10 Å². The zero-order valence-electron chi connectivity index (χ0n) is 32.8. The Bertz CT molecular complexity index is 1300. The first-order valence-corrected chi connectivity index (χ1v) is 18.6. The zero-order chi connectivity index (χ0) is 34.9. The summed E-state index contributed by atoms with van der Waals surface area (Å²) in [7, 11) is 8.67. The van der Waals surface area contributed by atoms with Crippen LogP contribution in [-0.4, -0.2) is 133 Å². The van der Waals surface area contributed by atoms with Crippen LogP contribution in [0.1, 0.15) is 124 Å². The van der Waals surface area contributed by atoms with Gasteiger partial charge in [-0.3, -0.25) is 24.2 Å². The lowest BCUT2D eigenvalue weighted by Crippen LogP contribution is -2.65. The number of aromatic nitrogens is 2. The average Bonchev–Trinajstić information content (AvgIpc) is 3.62. The van der Waals surface area contributed by atoms with Crippen molar-refractivity contribution in [2.75, 3.05) is 60.4 Å². The minimum Gasteiger partial charge on any atom is -0.340 e. The smallest absolute Gasteiger partial charge is 0.222 e. The predicted molar refractivity (Wildman–Crippen MR) is 193 cm³/mol. The summed E-state index contributed by atoms with van der Waals surface area (Å²) >= 11 is 0. The van der Waals surface area contributed by atoms with E-state index in [1.165, 1.54) is 29.9 Å². The number of likely N-dealkylation sites (N-methyl/N-ethyl adjacent to an activating group) is 1. The minimum absolute atomic E-state index is 0.00610. The molecule has 3 fully saturated rings. The first-order chi connectivity index (χ1) is 21.6. The number of carbonyl (C=O) groups is 1. The Morgan fingerprint density at radius 3 is 2.23 bits per heavy atom. The number of aryl methyl sites for hydroxylation is 1. The molecule has 3 unspecified atom stereocenters. The van der Waals surface area contributed by atoms with Crippen LogP contribution in [-0.2, 0) is 24.9 Å². The van der Waals surface area contributed by atoms with E-state index in [-0.39, 0.29) is 27.7 Å². The first kappa shape index (κ1) is 36.8. The third-order valence-corrected chi connectivity index (χ3v) is 12.9. The Labute approximate surface area is 288 Å². The molecule has 0 bridgehead atoms. The molecule has 3 saturated heterocycles. The van der Waals surface area contributed by atoms with Crippen LogP contribution in [0.25, 0.3) is 0 Å².